The van der Waals surface area contributed by atoms with E-state index in [1.807, 2.05) is 13.0 Å². The van der Waals surface area contributed by atoms with E-state index in [0.29, 0.717) is 13.0 Å². The Labute approximate surface area is 150 Å². The maximum absolute atomic E-state index is 6.40. The van der Waals surface area contributed by atoms with Crippen molar-refractivity contribution < 1.29 is 33.2 Å². The topological polar surface area (TPSA) is 64.6 Å². The number of hydrogen-bond acceptors (Lipinski definition) is 7. The number of rotatable bonds is 8. The molecule has 0 aromatic rings. The molecule has 2 rings (SSSR count). The van der Waals surface area contributed by atoms with Crippen LogP contribution in [0.4, 0.5) is 0 Å². The fraction of sp³-hybridized carbons (Fsp3) is 0.889. The Morgan fingerprint density at radius 1 is 1.16 bits per heavy atom. The second-order valence-corrected chi connectivity index (χ2v) is 7.01. The first-order valence-electron chi connectivity index (χ1n) is 8.69. The monoisotopic (exact) mass is 360 g/mol. The van der Waals surface area contributed by atoms with Crippen LogP contribution in [0, 0.1) is 5.41 Å². The summed E-state index contributed by atoms with van der Waals surface area (Å²) in [5.74, 6) is 0. The fourth-order valence-electron chi connectivity index (χ4n) is 3.63. The van der Waals surface area contributed by atoms with Gasteiger partial charge >= 0.3 is 0 Å². The number of fused-ring (bicyclic) bond motifs is 1. The largest absolute Gasteiger partial charge is 0.470 e. The van der Waals surface area contributed by atoms with Crippen molar-refractivity contribution in [3.05, 3.63) is 12.3 Å². The first kappa shape index (κ1) is 20.6. The van der Waals surface area contributed by atoms with E-state index < -0.39 is 6.29 Å². The standard InChI is InChI=1S/C18H32O7/c1-7-8-22-17-15-14(23-11-24-17)16(21-6)18(2,3)13(25-15)9-12(20-5)10-19-4/h7-8,12-17H,9-11H2,1-6H3/b8-7+/t12-,13+,14-,15-,16+,17+/m0/s1. The lowest BCUT2D eigenvalue weighted by Gasteiger charge is -2.54. The van der Waals surface area contributed by atoms with Gasteiger partial charge in [0.25, 0.3) is 0 Å². The SMILES string of the molecule is C/C=C/O[C@@H]1OCO[C@H]2[C@@H]1O[C@H](C[C@@H](COC)OC)C(C)(C)[C@@H]2OC. The number of ether oxygens (including phenoxy) is 7. The molecule has 2 aliphatic rings. The highest BCUT2D eigenvalue weighted by Gasteiger charge is 2.56. The average molecular weight is 360 g/mol. The van der Waals surface area contributed by atoms with Crippen LogP contribution in [0.5, 0.6) is 0 Å². The predicted octanol–water partition coefficient (Wildman–Crippen LogP) is 2.10. The van der Waals surface area contributed by atoms with Crippen LogP contribution in [0.15, 0.2) is 12.3 Å². The van der Waals surface area contributed by atoms with Crippen LogP contribution in [0.3, 0.4) is 0 Å². The summed E-state index contributed by atoms with van der Waals surface area (Å²) in [6, 6.07) is 0. The van der Waals surface area contributed by atoms with E-state index in [-0.39, 0.29) is 42.7 Å². The maximum Gasteiger partial charge on any atom is 0.230 e. The summed E-state index contributed by atoms with van der Waals surface area (Å²) < 4.78 is 40.1. The molecule has 0 aromatic carbocycles. The minimum atomic E-state index is -0.533. The molecule has 0 spiro atoms. The van der Waals surface area contributed by atoms with Crippen LogP contribution in [0.1, 0.15) is 27.2 Å². The maximum atomic E-state index is 6.40. The van der Waals surface area contributed by atoms with Gasteiger partial charge in [-0.2, -0.15) is 0 Å². The van der Waals surface area contributed by atoms with E-state index in [2.05, 4.69) is 13.8 Å². The summed E-state index contributed by atoms with van der Waals surface area (Å²) in [7, 11) is 5.05. The summed E-state index contributed by atoms with van der Waals surface area (Å²) in [6.45, 7) is 6.79. The van der Waals surface area contributed by atoms with Gasteiger partial charge in [-0.25, -0.2) is 0 Å². The molecular formula is C18H32O7. The normalized spacial score (nSPS) is 36.2. The molecule has 2 aliphatic heterocycles. The summed E-state index contributed by atoms with van der Waals surface area (Å²) in [4.78, 5) is 0. The van der Waals surface area contributed by atoms with Crippen molar-refractivity contribution in [2.45, 2.75) is 64.0 Å². The molecule has 146 valence electrons. The number of hydrogen-bond donors (Lipinski definition) is 0. The third-order valence-corrected chi connectivity index (χ3v) is 5.03. The molecule has 2 saturated heterocycles. The molecule has 6 atom stereocenters. The molecule has 2 fully saturated rings. The summed E-state index contributed by atoms with van der Waals surface area (Å²) in [5, 5.41) is 0. The van der Waals surface area contributed by atoms with Gasteiger partial charge in [0.15, 0.2) is 6.79 Å². The van der Waals surface area contributed by atoms with Crippen LogP contribution >= 0.6 is 0 Å². The molecule has 0 N–H and O–H groups in total. The lowest BCUT2D eigenvalue weighted by atomic mass is 9.72. The second-order valence-electron chi connectivity index (χ2n) is 7.01. The van der Waals surface area contributed by atoms with Crippen LogP contribution in [-0.4, -0.2) is 71.5 Å². The molecule has 0 unspecified atom stereocenters. The summed E-state index contributed by atoms with van der Waals surface area (Å²) >= 11 is 0. The van der Waals surface area contributed by atoms with E-state index in [0.717, 1.165) is 0 Å². The average Bonchev–Trinajstić information content (AvgIpc) is 2.59. The van der Waals surface area contributed by atoms with Crippen molar-refractivity contribution in [3.63, 3.8) is 0 Å². The van der Waals surface area contributed by atoms with Crippen molar-refractivity contribution in [2.24, 2.45) is 5.41 Å². The minimum Gasteiger partial charge on any atom is -0.470 e. The van der Waals surface area contributed by atoms with E-state index in [4.69, 9.17) is 33.2 Å². The van der Waals surface area contributed by atoms with E-state index in [1.54, 1.807) is 27.6 Å². The molecule has 25 heavy (non-hydrogen) atoms. The van der Waals surface area contributed by atoms with Gasteiger partial charge in [-0.3, -0.25) is 0 Å². The minimum absolute atomic E-state index is 0.0661. The van der Waals surface area contributed by atoms with Gasteiger partial charge in [0.05, 0.1) is 31.2 Å². The van der Waals surface area contributed by atoms with Crippen molar-refractivity contribution in [2.75, 3.05) is 34.7 Å². The van der Waals surface area contributed by atoms with Crippen molar-refractivity contribution in [3.8, 4) is 0 Å². The lowest BCUT2D eigenvalue weighted by Crippen LogP contribution is -2.66. The summed E-state index contributed by atoms with van der Waals surface area (Å²) in [5.41, 5.74) is -0.275. The Hall–Kier alpha value is -0.700. The van der Waals surface area contributed by atoms with Crippen LogP contribution in [0.2, 0.25) is 0 Å². The summed E-state index contributed by atoms with van der Waals surface area (Å²) in [6.07, 6.45) is 2.57. The van der Waals surface area contributed by atoms with Crippen molar-refractivity contribution in [1.29, 1.82) is 0 Å². The highest BCUT2D eigenvalue weighted by atomic mass is 16.8. The van der Waals surface area contributed by atoms with Crippen LogP contribution in [0.25, 0.3) is 0 Å². The quantitative estimate of drug-likeness (QED) is 0.614. The Kier molecular flexibility index (Phi) is 7.67. The molecule has 0 aliphatic carbocycles. The van der Waals surface area contributed by atoms with Crippen LogP contribution in [-0.2, 0) is 33.2 Å². The Morgan fingerprint density at radius 3 is 2.52 bits per heavy atom. The third kappa shape index (κ3) is 4.53. The molecule has 7 nitrogen and oxygen atoms in total. The molecule has 0 bridgehead atoms. The zero-order valence-corrected chi connectivity index (χ0v) is 16.1. The zero-order chi connectivity index (χ0) is 18.4. The predicted molar refractivity (Wildman–Crippen MR) is 91.0 cm³/mol. The van der Waals surface area contributed by atoms with Gasteiger partial charge < -0.3 is 33.2 Å². The lowest BCUT2D eigenvalue weighted by molar-refractivity contribution is -0.362. The fourth-order valence-corrected chi connectivity index (χ4v) is 3.63. The second kappa shape index (κ2) is 9.30. The van der Waals surface area contributed by atoms with E-state index in [9.17, 15) is 0 Å². The van der Waals surface area contributed by atoms with Crippen molar-refractivity contribution in [1.82, 2.24) is 0 Å². The highest BCUT2D eigenvalue weighted by molar-refractivity contribution is 5.02. The van der Waals surface area contributed by atoms with Gasteiger partial charge in [-0.05, 0) is 6.92 Å². The van der Waals surface area contributed by atoms with Gasteiger partial charge in [0.2, 0.25) is 6.29 Å². The smallest absolute Gasteiger partial charge is 0.230 e. The zero-order valence-electron chi connectivity index (χ0n) is 16.1. The van der Waals surface area contributed by atoms with E-state index >= 15 is 0 Å². The molecular weight excluding hydrogens is 328 g/mol. The number of methoxy groups -OCH3 is 3. The molecule has 0 radical (unpaired) electrons. The Balaban J connectivity index is 2.21. The number of allylic oxidation sites excluding steroid dienone is 1. The molecule has 0 aromatic heterocycles. The molecule has 2 heterocycles. The van der Waals surface area contributed by atoms with Gasteiger partial charge in [0, 0.05) is 33.2 Å². The van der Waals surface area contributed by atoms with Gasteiger partial charge in [-0.15, -0.1) is 0 Å². The van der Waals surface area contributed by atoms with E-state index in [1.165, 1.54) is 0 Å². The Bertz CT molecular complexity index is 426. The highest BCUT2D eigenvalue weighted by Crippen LogP contribution is 2.44. The first-order valence-corrected chi connectivity index (χ1v) is 8.69. The molecule has 7 heteroatoms. The molecule has 0 amide bonds. The molecule has 0 saturated carbocycles. The van der Waals surface area contributed by atoms with Gasteiger partial charge in [-0.1, -0.05) is 19.9 Å². The van der Waals surface area contributed by atoms with Crippen LogP contribution < -0.4 is 0 Å². The Morgan fingerprint density at radius 2 is 1.92 bits per heavy atom. The van der Waals surface area contributed by atoms with Crippen molar-refractivity contribution >= 4 is 0 Å². The third-order valence-electron chi connectivity index (χ3n) is 5.03. The van der Waals surface area contributed by atoms with Gasteiger partial charge in [0.1, 0.15) is 12.2 Å². The first-order chi connectivity index (χ1) is 12.0.